The molecule has 0 spiro atoms. The number of hydrogen-bond acceptors (Lipinski definition) is 1. The van der Waals surface area contributed by atoms with E-state index < -0.39 is 0 Å². The molecule has 2 radical (unpaired) electrons. The lowest BCUT2D eigenvalue weighted by Crippen LogP contribution is -2.32. The summed E-state index contributed by atoms with van der Waals surface area (Å²) in [5.74, 6) is 0.281. The molecule has 2 atom stereocenters. The van der Waals surface area contributed by atoms with Crippen molar-refractivity contribution in [3.8, 4) is 0 Å². The fourth-order valence-electron chi connectivity index (χ4n) is 0.854. The van der Waals surface area contributed by atoms with Crippen LogP contribution in [-0.2, 0) is 4.74 Å². The van der Waals surface area contributed by atoms with Crippen LogP contribution in [0.15, 0.2) is 0 Å². The van der Waals surface area contributed by atoms with E-state index in [1.807, 2.05) is 0 Å². The summed E-state index contributed by atoms with van der Waals surface area (Å²) in [4.78, 5) is 0. The number of hydrogen-bond donors (Lipinski definition) is 0. The van der Waals surface area contributed by atoms with Gasteiger partial charge < -0.3 is 4.74 Å². The fourth-order valence-corrected chi connectivity index (χ4v) is 0.854. The number of ether oxygens (including phenoxy) is 1. The summed E-state index contributed by atoms with van der Waals surface area (Å²) in [5.41, 5.74) is 0. The summed E-state index contributed by atoms with van der Waals surface area (Å²) >= 11 is 0. The molecule has 46 valence electrons. The van der Waals surface area contributed by atoms with Crippen LogP contribution in [0.2, 0.25) is 0 Å². The zero-order valence-corrected chi connectivity index (χ0v) is 5.26. The molecule has 1 saturated heterocycles. The second-order valence-electron chi connectivity index (χ2n) is 2.27. The van der Waals surface area contributed by atoms with E-state index in [9.17, 15) is 0 Å². The Kier molecular flexibility index (Phi) is 1.90. The molecular weight excluding hydrogens is 100 g/mol. The lowest BCUT2D eigenvalue weighted by molar-refractivity contribution is -0.0750. The molecular formula is C7H12O. The van der Waals surface area contributed by atoms with Crippen molar-refractivity contribution in [3.05, 3.63) is 6.92 Å². The van der Waals surface area contributed by atoms with Crippen LogP contribution in [0.5, 0.6) is 0 Å². The molecule has 1 aliphatic rings. The van der Waals surface area contributed by atoms with Gasteiger partial charge in [0, 0.05) is 6.61 Å². The maximum atomic E-state index is 5.65. The van der Waals surface area contributed by atoms with Gasteiger partial charge in [-0.05, 0) is 19.3 Å². The van der Waals surface area contributed by atoms with Gasteiger partial charge in [0.1, 0.15) is 0 Å². The van der Waals surface area contributed by atoms with E-state index in [4.69, 9.17) is 11.7 Å². The van der Waals surface area contributed by atoms with Crippen molar-refractivity contribution in [2.75, 3.05) is 6.61 Å². The highest BCUT2D eigenvalue weighted by atomic mass is 16.5. The SMILES string of the molecule is [CH]C(CC)C1CCO1. The molecule has 0 amide bonds. The Balaban J connectivity index is 2.13. The van der Waals surface area contributed by atoms with Crippen molar-refractivity contribution < 1.29 is 4.74 Å². The fraction of sp³-hybridized carbons (Fsp3) is 0.857. The van der Waals surface area contributed by atoms with E-state index in [0.29, 0.717) is 6.10 Å². The first-order valence-electron chi connectivity index (χ1n) is 3.21. The van der Waals surface area contributed by atoms with Crippen LogP contribution in [-0.4, -0.2) is 12.7 Å². The first-order valence-corrected chi connectivity index (χ1v) is 3.21. The third-order valence-electron chi connectivity index (χ3n) is 1.68. The molecule has 0 bridgehead atoms. The second-order valence-corrected chi connectivity index (χ2v) is 2.27. The normalized spacial score (nSPS) is 31.5. The van der Waals surface area contributed by atoms with Gasteiger partial charge in [-0.1, -0.05) is 13.3 Å². The monoisotopic (exact) mass is 112 g/mol. The van der Waals surface area contributed by atoms with Crippen LogP contribution in [0.1, 0.15) is 19.8 Å². The van der Waals surface area contributed by atoms with Crippen molar-refractivity contribution >= 4 is 0 Å². The van der Waals surface area contributed by atoms with Crippen LogP contribution >= 0.6 is 0 Å². The third-order valence-corrected chi connectivity index (χ3v) is 1.68. The van der Waals surface area contributed by atoms with Crippen LogP contribution in [0.4, 0.5) is 0 Å². The quantitative estimate of drug-likeness (QED) is 0.526. The van der Waals surface area contributed by atoms with Crippen molar-refractivity contribution in [1.29, 1.82) is 0 Å². The third kappa shape index (κ3) is 1.03. The van der Waals surface area contributed by atoms with E-state index in [0.717, 1.165) is 19.4 Å². The maximum absolute atomic E-state index is 5.65. The standard InChI is InChI=1S/C7H12O/c1-3-6(2)7-4-5-8-7/h2,6-7H,3-5H2,1H3. The molecule has 0 aromatic rings. The van der Waals surface area contributed by atoms with Gasteiger partial charge in [-0.15, -0.1) is 0 Å². The van der Waals surface area contributed by atoms with Gasteiger partial charge in [-0.25, -0.2) is 0 Å². The smallest absolute Gasteiger partial charge is 0.0628 e. The van der Waals surface area contributed by atoms with E-state index in [-0.39, 0.29) is 5.92 Å². The maximum Gasteiger partial charge on any atom is 0.0628 e. The molecule has 2 unspecified atom stereocenters. The van der Waals surface area contributed by atoms with Crippen molar-refractivity contribution in [2.24, 2.45) is 5.92 Å². The largest absolute Gasteiger partial charge is 0.378 e. The summed E-state index contributed by atoms with van der Waals surface area (Å²) in [6.07, 6.45) is 2.57. The lowest BCUT2D eigenvalue weighted by Gasteiger charge is -2.30. The Morgan fingerprint density at radius 2 is 2.50 bits per heavy atom. The Morgan fingerprint density at radius 1 is 1.88 bits per heavy atom. The minimum atomic E-state index is 0.281. The van der Waals surface area contributed by atoms with E-state index in [1.54, 1.807) is 0 Å². The van der Waals surface area contributed by atoms with Crippen LogP contribution < -0.4 is 0 Å². The van der Waals surface area contributed by atoms with E-state index in [1.165, 1.54) is 0 Å². The first-order chi connectivity index (χ1) is 3.84. The highest BCUT2D eigenvalue weighted by molar-refractivity contribution is 4.76. The van der Waals surface area contributed by atoms with Crippen molar-refractivity contribution in [2.45, 2.75) is 25.9 Å². The molecule has 0 N–H and O–H groups in total. The van der Waals surface area contributed by atoms with Crippen LogP contribution in [0.3, 0.4) is 0 Å². The van der Waals surface area contributed by atoms with E-state index >= 15 is 0 Å². The Bertz CT molecular complexity index is 64.0. The Labute approximate surface area is 51.0 Å². The van der Waals surface area contributed by atoms with Crippen molar-refractivity contribution in [1.82, 2.24) is 0 Å². The Hall–Kier alpha value is -0.0400. The van der Waals surface area contributed by atoms with Gasteiger partial charge in [0.05, 0.1) is 6.10 Å². The molecule has 0 saturated carbocycles. The topological polar surface area (TPSA) is 9.23 Å². The molecule has 1 nitrogen and oxygen atoms in total. The lowest BCUT2D eigenvalue weighted by atomic mass is 9.96. The predicted octanol–water partition coefficient (Wildman–Crippen LogP) is 1.51. The summed E-state index contributed by atoms with van der Waals surface area (Å²) in [6.45, 7) is 8.66. The minimum Gasteiger partial charge on any atom is -0.378 e. The van der Waals surface area contributed by atoms with Crippen molar-refractivity contribution in [3.63, 3.8) is 0 Å². The molecule has 1 heteroatoms. The van der Waals surface area contributed by atoms with Crippen LogP contribution in [0, 0.1) is 12.8 Å². The minimum absolute atomic E-state index is 0.281. The van der Waals surface area contributed by atoms with Gasteiger partial charge in [-0.2, -0.15) is 0 Å². The summed E-state index contributed by atoms with van der Waals surface area (Å²) in [7, 11) is 0. The highest BCUT2D eigenvalue weighted by Gasteiger charge is 2.23. The van der Waals surface area contributed by atoms with Gasteiger partial charge >= 0.3 is 0 Å². The average molecular weight is 112 g/mol. The summed E-state index contributed by atoms with van der Waals surface area (Å²) in [6, 6.07) is 0. The molecule has 0 aromatic heterocycles. The Morgan fingerprint density at radius 3 is 2.62 bits per heavy atom. The van der Waals surface area contributed by atoms with E-state index in [2.05, 4.69) is 6.92 Å². The summed E-state index contributed by atoms with van der Waals surface area (Å²) < 4.78 is 5.16. The summed E-state index contributed by atoms with van der Waals surface area (Å²) in [5, 5.41) is 0. The molecule has 1 fully saturated rings. The average Bonchev–Trinajstić information content (AvgIpc) is 1.62. The predicted molar refractivity (Wildman–Crippen MR) is 32.4 cm³/mol. The molecule has 1 rings (SSSR count). The first kappa shape index (κ1) is 6.09. The zero-order chi connectivity index (χ0) is 5.98. The van der Waals surface area contributed by atoms with Crippen LogP contribution in [0.25, 0.3) is 0 Å². The molecule has 0 aliphatic carbocycles. The van der Waals surface area contributed by atoms with Gasteiger partial charge in [0.25, 0.3) is 0 Å². The molecule has 1 heterocycles. The molecule has 1 aliphatic heterocycles. The number of rotatable bonds is 2. The molecule has 0 aromatic carbocycles. The second kappa shape index (κ2) is 2.49. The molecule has 8 heavy (non-hydrogen) atoms. The zero-order valence-electron chi connectivity index (χ0n) is 5.26. The van der Waals surface area contributed by atoms with Gasteiger partial charge in [0.15, 0.2) is 0 Å². The highest BCUT2D eigenvalue weighted by Crippen LogP contribution is 2.21. The van der Waals surface area contributed by atoms with Gasteiger partial charge in [-0.3, -0.25) is 0 Å². The van der Waals surface area contributed by atoms with Gasteiger partial charge in [0.2, 0.25) is 0 Å².